The summed E-state index contributed by atoms with van der Waals surface area (Å²) < 4.78 is 121. The predicted octanol–water partition coefficient (Wildman–Crippen LogP) is 6.43. The van der Waals surface area contributed by atoms with Crippen LogP contribution in [0.15, 0.2) is 30.3 Å². The zero-order chi connectivity index (χ0) is 27.1. The number of alkyl halides is 9. The molecule has 0 spiro atoms. The molecular weight excluding hydrogens is 517 g/mol. The van der Waals surface area contributed by atoms with Crippen molar-refractivity contribution in [2.75, 3.05) is 0 Å². The molecule has 0 aliphatic heterocycles. The molecule has 0 aliphatic carbocycles. The van der Waals surface area contributed by atoms with Crippen LogP contribution in [0.2, 0.25) is 0 Å². The lowest BCUT2D eigenvalue weighted by molar-refractivity contribution is -0.396. The second-order valence-electron chi connectivity index (χ2n) is 6.43. The van der Waals surface area contributed by atoms with E-state index in [9.17, 15) is 69.9 Å². The Balaban J connectivity index is 2.71. The number of nitro groups is 3. The summed E-state index contributed by atoms with van der Waals surface area (Å²) in [4.78, 5) is 29.0. The van der Waals surface area contributed by atoms with Crippen LogP contribution >= 0.6 is 0 Å². The van der Waals surface area contributed by atoms with E-state index in [1.165, 1.54) is 0 Å². The summed E-state index contributed by atoms with van der Waals surface area (Å²) >= 11 is 0. The fourth-order valence-electron chi connectivity index (χ4n) is 2.52. The summed E-state index contributed by atoms with van der Waals surface area (Å²) in [7, 11) is 0. The van der Waals surface area contributed by atoms with Crippen LogP contribution in [0.1, 0.15) is 17.3 Å². The van der Waals surface area contributed by atoms with Gasteiger partial charge in [0.15, 0.2) is 6.17 Å². The molecule has 2 rings (SSSR count). The lowest BCUT2D eigenvalue weighted by Crippen LogP contribution is -2.40. The highest BCUT2D eigenvalue weighted by Gasteiger charge is 2.63. The molecule has 0 heterocycles. The van der Waals surface area contributed by atoms with Gasteiger partial charge in [0.25, 0.3) is 5.75 Å². The Bertz CT molecular complexity index is 1160. The van der Waals surface area contributed by atoms with Crippen LogP contribution in [-0.4, -0.2) is 26.9 Å². The summed E-state index contributed by atoms with van der Waals surface area (Å²) in [5.74, 6) is -8.86. The molecule has 190 valence electrons. The van der Waals surface area contributed by atoms with Crippen LogP contribution in [0.25, 0.3) is 0 Å². The van der Waals surface area contributed by atoms with Crippen molar-refractivity contribution >= 4 is 17.1 Å². The van der Waals surface area contributed by atoms with Crippen LogP contribution in [-0.2, 0) is 6.18 Å². The first-order valence-electron chi connectivity index (χ1n) is 8.37. The molecule has 0 aliphatic rings. The molecule has 0 aromatic heterocycles. The minimum atomic E-state index is -6.40. The first-order valence-corrected chi connectivity index (χ1v) is 8.37. The fraction of sp³-hybridized carbons (Fsp3) is 0.250. The maximum atomic E-state index is 13.9. The molecule has 1 unspecified atom stereocenters. The predicted molar refractivity (Wildman–Crippen MR) is 92.8 cm³/mol. The highest BCUT2D eigenvalue weighted by Crippen LogP contribution is 2.49. The van der Waals surface area contributed by atoms with Gasteiger partial charge in [0.05, 0.1) is 20.3 Å². The Labute approximate surface area is 185 Å². The lowest BCUT2D eigenvalue weighted by atomic mass is 10.0. The SMILES string of the molecule is O=[N+]([O-])c1cc(C(F)C(F)(F)C(F)(F)F)ccc1Oc1c([N+](=O)[O-])cc(C(F)(F)F)cc1[N+](=O)[O-]. The van der Waals surface area contributed by atoms with Crippen LogP contribution in [0.5, 0.6) is 11.5 Å². The summed E-state index contributed by atoms with van der Waals surface area (Å²) in [5.41, 5.74) is -8.45. The Kier molecular flexibility index (Phi) is 6.86. The van der Waals surface area contributed by atoms with Gasteiger partial charge < -0.3 is 4.74 Å². The van der Waals surface area contributed by atoms with Gasteiger partial charge in [-0.05, 0) is 11.6 Å². The van der Waals surface area contributed by atoms with E-state index in [1.807, 2.05) is 0 Å². The van der Waals surface area contributed by atoms with Gasteiger partial charge >= 0.3 is 35.3 Å². The Morgan fingerprint density at radius 2 is 1.20 bits per heavy atom. The zero-order valence-corrected chi connectivity index (χ0v) is 16.1. The smallest absolute Gasteiger partial charge is 0.437 e. The van der Waals surface area contributed by atoms with Crippen molar-refractivity contribution < 1.29 is 59.0 Å². The highest BCUT2D eigenvalue weighted by molar-refractivity contribution is 5.65. The van der Waals surface area contributed by atoms with E-state index in [1.54, 1.807) is 0 Å². The van der Waals surface area contributed by atoms with Crippen LogP contribution < -0.4 is 4.74 Å². The van der Waals surface area contributed by atoms with Gasteiger partial charge in [0.2, 0.25) is 5.75 Å². The van der Waals surface area contributed by atoms with E-state index >= 15 is 0 Å². The first kappa shape index (κ1) is 27.1. The lowest BCUT2D eigenvalue weighted by Gasteiger charge is -2.23. The molecule has 0 radical (unpaired) electrons. The monoisotopic (exact) mass is 523 g/mol. The third kappa shape index (κ3) is 5.32. The van der Waals surface area contributed by atoms with Crippen LogP contribution in [0.4, 0.5) is 56.6 Å². The average molecular weight is 523 g/mol. The average Bonchev–Trinajstić information content (AvgIpc) is 2.71. The topological polar surface area (TPSA) is 139 Å². The minimum Gasteiger partial charge on any atom is -0.437 e. The van der Waals surface area contributed by atoms with Crippen molar-refractivity contribution in [3.63, 3.8) is 0 Å². The normalized spacial score (nSPS) is 13.3. The largest absolute Gasteiger partial charge is 0.456 e. The van der Waals surface area contributed by atoms with E-state index in [4.69, 9.17) is 0 Å². The number of hydrogen-bond acceptors (Lipinski definition) is 7. The maximum Gasteiger partial charge on any atom is 0.456 e. The standard InChI is InChI=1S/C16H6F9N3O7/c17-13(14(18,19)16(23,24)25)6-1-2-11(8(3-6)26(29)30)35-12-9(27(31)32)4-7(15(20,21)22)5-10(12)28(33)34/h1-5,13H. The molecule has 2 aromatic carbocycles. The summed E-state index contributed by atoms with van der Waals surface area (Å²) in [6, 6.07) is -0.276. The van der Waals surface area contributed by atoms with Crippen molar-refractivity contribution in [1.82, 2.24) is 0 Å². The van der Waals surface area contributed by atoms with Gasteiger partial charge in [-0.2, -0.15) is 35.1 Å². The first-order chi connectivity index (χ1) is 15.8. The zero-order valence-electron chi connectivity index (χ0n) is 16.1. The number of ether oxygens (including phenoxy) is 1. The third-order valence-corrected chi connectivity index (χ3v) is 4.15. The minimum absolute atomic E-state index is 0.119. The molecule has 2 aromatic rings. The number of benzene rings is 2. The molecule has 0 saturated heterocycles. The number of nitrogens with zero attached hydrogens (tertiary/aromatic N) is 3. The summed E-state index contributed by atoms with van der Waals surface area (Å²) in [5, 5.41) is 33.6. The number of rotatable bonds is 7. The third-order valence-electron chi connectivity index (χ3n) is 4.15. The number of nitro benzene ring substituents is 3. The van der Waals surface area contributed by atoms with Crippen molar-refractivity contribution in [2.45, 2.75) is 24.4 Å². The Morgan fingerprint density at radius 3 is 1.57 bits per heavy atom. The van der Waals surface area contributed by atoms with Crippen molar-refractivity contribution in [3.8, 4) is 11.5 Å². The summed E-state index contributed by atoms with van der Waals surface area (Å²) in [6.07, 6.45) is -15.9. The van der Waals surface area contributed by atoms with E-state index in [0.29, 0.717) is 0 Å². The quantitative estimate of drug-likeness (QED) is 0.232. The van der Waals surface area contributed by atoms with Crippen molar-refractivity contribution in [2.24, 2.45) is 0 Å². The van der Waals surface area contributed by atoms with Crippen LogP contribution in [0.3, 0.4) is 0 Å². The molecule has 0 N–H and O–H groups in total. The Hall–Kier alpha value is -4.19. The van der Waals surface area contributed by atoms with Gasteiger partial charge in [-0.1, -0.05) is 6.07 Å². The molecule has 35 heavy (non-hydrogen) atoms. The molecule has 1 atom stereocenters. The van der Waals surface area contributed by atoms with Gasteiger partial charge in [-0.3, -0.25) is 30.3 Å². The second kappa shape index (κ2) is 8.87. The summed E-state index contributed by atoms with van der Waals surface area (Å²) in [6.45, 7) is 0. The molecule has 0 fully saturated rings. The van der Waals surface area contributed by atoms with Crippen molar-refractivity contribution in [3.05, 3.63) is 71.8 Å². The molecule has 0 saturated carbocycles. The van der Waals surface area contributed by atoms with Gasteiger partial charge in [-0.25, -0.2) is 4.39 Å². The highest BCUT2D eigenvalue weighted by atomic mass is 19.4. The van der Waals surface area contributed by atoms with Crippen LogP contribution in [0, 0.1) is 30.3 Å². The van der Waals surface area contributed by atoms with Gasteiger partial charge in [-0.15, -0.1) is 0 Å². The molecule has 10 nitrogen and oxygen atoms in total. The van der Waals surface area contributed by atoms with E-state index < -0.39 is 78.9 Å². The van der Waals surface area contributed by atoms with E-state index in [2.05, 4.69) is 4.74 Å². The van der Waals surface area contributed by atoms with Gasteiger partial charge in [0, 0.05) is 18.2 Å². The Morgan fingerprint density at radius 1 is 0.743 bits per heavy atom. The number of hydrogen-bond donors (Lipinski definition) is 0. The molecule has 0 amide bonds. The van der Waals surface area contributed by atoms with E-state index in [-0.39, 0.29) is 30.3 Å². The molecule has 19 heteroatoms. The molecule has 0 bridgehead atoms. The molecular formula is C16H6F9N3O7. The number of halogens is 9. The second-order valence-corrected chi connectivity index (χ2v) is 6.43. The fourth-order valence-corrected chi connectivity index (χ4v) is 2.52. The van der Waals surface area contributed by atoms with E-state index in [0.717, 1.165) is 0 Å². The maximum absolute atomic E-state index is 13.9. The van der Waals surface area contributed by atoms with Crippen molar-refractivity contribution in [1.29, 1.82) is 0 Å². The van der Waals surface area contributed by atoms with Gasteiger partial charge in [0.1, 0.15) is 0 Å².